The predicted octanol–water partition coefficient (Wildman–Crippen LogP) is 0.709. The van der Waals surface area contributed by atoms with Crippen LogP contribution >= 0.6 is 0 Å². The molecule has 19 heavy (non-hydrogen) atoms. The Kier molecular flexibility index (Phi) is 4.17. The summed E-state index contributed by atoms with van der Waals surface area (Å²) in [5.41, 5.74) is 0.700. The third-order valence-electron chi connectivity index (χ3n) is 2.52. The van der Waals surface area contributed by atoms with E-state index in [-0.39, 0.29) is 12.5 Å². The molecule has 7 heteroatoms. The van der Waals surface area contributed by atoms with Crippen molar-refractivity contribution in [3.63, 3.8) is 0 Å². The van der Waals surface area contributed by atoms with Crippen LogP contribution in [-0.2, 0) is 4.79 Å². The second-order valence-electron chi connectivity index (χ2n) is 3.97. The largest absolute Gasteiger partial charge is 0.369 e. The van der Waals surface area contributed by atoms with Crippen LogP contribution in [0.4, 0.5) is 11.6 Å². The highest BCUT2D eigenvalue weighted by molar-refractivity contribution is 5.81. The van der Waals surface area contributed by atoms with E-state index in [0.29, 0.717) is 18.0 Å². The Bertz CT molecular complexity index is 564. The summed E-state index contributed by atoms with van der Waals surface area (Å²) < 4.78 is 1.87. The Morgan fingerprint density at radius 3 is 2.89 bits per heavy atom. The van der Waals surface area contributed by atoms with Crippen LogP contribution in [0.2, 0.25) is 0 Å². The van der Waals surface area contributed by atoms with Gasteiger partial charge in [-0.3, -0.25) is 4.79 Å². The maximum absolute atomic E-state index is 11.5. The number of imidazole rings is 1. The minimum atomic E-state index is -0.0668. The second-order valence-corrected chi connectivity index (χ2v) is 3.97. The Morgan fingerprint density at radius 2 is 2.16 bits per heavy atom. The van der Waals surface area contributed by atoms with Crippen LogP contribution in [0.3, 0.4) is 0 Å². The molecule has 2 heterocycles. The molecule has 7 nitrogen and oxygen atoms in total. The zero-order valence-corrected chi connectivity index (χ0v) is 11.1. The van der Waals surface area contributed by atoms with Crippen molar-refractivity contribution in [2.24, 2.45) is 0 Å². The van der Waals surface area contributed by atoms with Gasteiger partial charge in [0.1, 0.15) is 5.82 Å². The smallest absolute Gasteiger partial charge is 0.239 e. The van der Waals surface area contributed by atoms with Crippen molar-refractivity contribution < 1.29 is 4.79 Å². The van der Waals surface area contributed by atoms with Crippen molar-refractivity contribution in [1.29, 1.82) is 0 Å². The summed E-state index contributed by atoms with van der Waals surface area (Å²) in [6.45, 7) is 5.46. The molecule has 0 saturated heterocycles. The van der Waals surface area contributed by atoms with E-state index in [4.69, 9.17) is 0 Å². The van der Waals surface area contributed by atoms with Crippen molar-refractivity contribution >= 4 is 23.2 Å². The number of nitrogens with zero attached hydrogens (tertiary/aromatic N) is 3. The zero-order valence-electron chi connectivity index (χ0n) is 11.1. The first-order valence-corrected chi connectivity index (χ1v) is 6.32. The van der Waals surface area contributed by atoms with Crippen LogP contribution in [0, 0.1) is 0 Å². The van der Waals surface area contributed by atoms with E-state index in [1.54, 1.807) is 6.20 Å². The standard InChI is InChI=1S/C12H18N6O/c1-3-13-9-8-18-6-5-15-12(18)11(17-9)16-7-10(19)14-4-2/h5-6,8,13H,3-4,7H2,1-2H3,(H,14,19)(H,16,17). The van der Waals surface area contributed by atoms with Gasteiger partial charge in [-0.15, -0.1) is 0 Å². The number of hydrogen-bond donors (Lipinski definition) is 3. The summed E-state index contributed by atoms with van der Waals surface area (Å²) in [5.74, 6) is 1.27. The lowest BCUT2D eigenvalue weighted by molar-refractivity contribution is -0.119. The first-order chi connectivity index (χ1) is 9.24. The van der Waals surface area contributed by atoms with Gasteiger partial charge in [-0.2, -0.15) is 0 Å². The highest BCUT2D eigenvalue weighted by Crippen LogP contribution is 2.15. The number of nitrogens with one attached hydrogen (secondary N) is 3. The number of carbonyl (C=O) groups is 1. The number of anilines is 2. The SMILES string of the molecule is CCNC(=O)CNc1nc(NCC)cn2ccnc12. The normalized spacial score (nSPS) is 10.4. The third kappa shape index (κ3) is 3.12. The molecule has 2 aromatic rings. The van der Waals surface area contributed by atoms with Gasteiger partial charge in [-0.1, -0.05) is 0 Å². The lowest BCUT2D eigenvalue weighted by Crippen LogP contribution is -2.29. The number of amides is 1. The Morgan fingerprint density at radius 1 is 1.32 bits per heavy atom. The lowest BCUT2D eigenvalue weighted by atomic mass is 10.5. The average Bonchev–Trinajstić information content (AvgIpc) is 2.85. The fourth-order valence-corrected chi connectivity index (χ4v) is 1.74. The molecule has 0 fully saturated rings. The molecular weight excluding hydrogens is 244 g/mol. The van der Waals surface area contributed by atoms with Crippen LogP contribution < -0.4 is 16.0 Å². The van der Waals surface area contributed by atoms with Crippen LogP contribution in [0.5, 0.6) is 0 Å². The fraction of sp³-hybridized carbons (Fsp3) is 0.417. The summed E-state index contributed by atoms with van der Waals surface area (Å²) >= 11 is 0. The van der Waals surface area contributed by atoms with Gasteiger partial charge in [0.15, 0.2) is 11.5 Å². The quantitative estimate of drug-likeness (QED) is 0.714. The van der Waals surface area contributed by atoms with Crippen LogP contribution in [0.1, 0.15) is 13.8 Å². The van der Waals surface area contributed by atoms with Gasteiger partial charge in [-0.25, -0.2) is 9.97 Å². The number of aromatic nitrogens is 3. The van der Waals surface area contributed by atoms with Gasteiger partial charge in [-0.05, 0) is 13.8 Å². The molecule has 0 spiro atoms. The Hall–Kier alpha value is -2.31. The van der Waals surface area contributed by atoms with E-state index in [0.717, 1.165) is 12.4 Å². The average molecular weight is 262 g/mol. The van der Waals surface area contributed by atoms with E-state index < -0.39 is 0 Å². The summed E-state index contributed by atoms with van der Waals surface area (Å²) in [7, 11) is 0. The van der Waals surface area contributed by atoms with Gasteiger partial charge in [0.05, 0.1) is 12.7 Å². The maximum atomic E-state index is 11.5. The minimum Gasteiger partial charge on any atom is -0.369 e. The molecule has 0 saturated carbocycles. The molecular formula is C12H18N6O. The summed E-state index contributed by atoms with van der Waals surface area (Å²) in [5, 5.41) is 8.88. The number of carbonyl (C=O) groups excluding carboxylic acids is 1. The predicted molar refractivity (Wildman–Crippen MR) is 74.3 cm³/mol. The molecule has 0 aliphatic rings. The molecule has 0 bridgehead atoms. The van der Waals surface area contributed by atoms with E-state index in [9.17, 15) is 4.79 Å². The highest BCUT2D eigenvalue weighted by atomic mass is 16.1. The highest BCUT2D eigenvalue weighted by Gasteiger charge is 2.08. The van der Waals surface area contributed by atoms with Gasteiger partial charge >= 0.3 is 0 Å². The van der Waals surface area contributed by atoms with E-state index in [1.807, 2.05) is 30.6 Å². The topological polar surface area (TPSA) is 83.3 Å². The minimum absolute atomic E-state index is 0.0668. The summed E-state index contributed by atoms with van der Waals surface area (Å²) in [6, 6.07) is 0. The van der Waals surface area contributed by atoms with Crippen molar-refractivity contribution in [2.45, 2.75) is 13.8 Å². The molecule has 2 rings (SSSR count). The van der Waals surface area contributed by atoms with Gasteiger partial charge in [0, 0.05) is 25.5 Å². The molecule has 3 N–H and O–H groups in total. The summed E-state index contributed by atoms with van der Waals surface area (Å²) in [6.07, 6.45) is 5.41. The van der Waals surface area contributed by atoms with Gasteiger partial charge < -0.3 is 20.4 Å². The molecule has 0 aliphatic carbocycles. The first-order valence-electron chi connectivity index (χ1n) is 6.32. The first kappa shape index (κ1) is 13.1. The number of fused-ring (bicyclic) bond motifs is 1. The van der Waals surface area contributed by atoms with Crippen LogP contribution in [0.15, 0.2) is 18.6 Å². The lowest BCUT2D eigenvalue weighted by Gasteiger charge is -2.10. The molecule has 0 atom stereocenters. The second kappa shape index (κ2) is 6.03. The van der Waals surface area contributed by atoms with Gasteiger partial charge in [0.2, 0.25) is 5.91 Å². The van der Waals surface area contributed by atoms with Crippen molar-refractivity contribution in [3.8, 4) is 0 Å². The van der Waals surface area contributed by atoms with Gasteiger partial charge in [0.25, 0.3) is 0 Å². The Labute approximate surface area is 111 Å². The van der Waals surface area contributed by atoms with E-state index in [1.165, 1.54) is 0 Å². The number of likely N-dealkylation sites (N-methyl/N-ethyl adjacent to an activating group) is 1. The van der Waals surface area contributed by atoms with Crippen molar-refractivity contribution in [1.82, 2.24) is 19.7 Å². The molecule has 0 unspecified atom stereocenters. The Balaban J connectivity index is 2.19. The maximum Gasteiger partial charge on any atom is 0.239 e. The molecule has 0 aliphatic heterocycles. The van der Waals surface area contributed by atoms with Crippen molar-refractivity contribution in [2.75, 3.05) is 30.3 Å². The molecule has 1 amide bonds. The monoisotopic (exact) mass is 262 g/mol. The van der Waals surface area contributed by atoms with E-state index >= 15 is 0 Å². The third-order valence-corrected chi connectivity index (χ3v) is 2.52. The van der Waals surface area contributed by atoms with E-state index in [2.05, 4.69) is 25.9 Å². The van der Waals surface area contributed by atoms with Crippen LogP contribution in [-0.4, -0.2) is 39.9 Å². The molecule has 102 valence electrons. The molecule has 2 aromatic heterocycles. The summed E-state index contributed by atoms with van der Waals surface area (Å²) in [4.78, 5) is 20.1. The van der Waals surface area contributed by atoms with Crippen molar-refractivity contribution in [3.05, 3.63) is 18.6 Å². The zero-order chi connectivity index (χ0) is 13.7. The van der Waals surface area contributed by atoms with Crippen LogP contribution in [0.25, 0.3) is 5.65 Å². The number of rotatable bonds is 6. The molecule has 0 radical (unpaired) electrons. The molecule has 0 aromatic carbocycles. The fourth-order valence-electron chi connectivity index (χ4n) is 1.74. The number of hydrogen-bond acceptors (Lipinski definition) is 5.